The van der Waals surface area contributed by atoms with Gasteiger partial charge in [0.05, 0.1) is 5.92 Å². The minimum absolute atomic E-state index is 0.00569. The Labute approximate surface area is 153 Å². The van der Waals surface area contributed by atoms with Crippen LogP contribution in [0.3, 0.4) is 0 Å². The molecule has 140 valence electrons. The van der Waals surface area contributed by atoms with E-state index in [1.807, 2.05) is 18.7 Å². The molecule has 7 heteroatoms. The zero-order valence-corrected chi connectivity index (χ0v) is 15.4. The molecule has 7 nitrogen and oxygen atoms in total. The van der Waals surface area contributed by atoms with Crippen molar-refractivity contribution < 1.29 is 14.4 Å². The van der Waals surface area contributed by atoms with Gasteiger partial charge in [0.1, 0.15) is 0 Å². The van der Waals surface area contributed by atoms with E-state index in [9.17, 15) is 14.4 Å². The minimum Gasteiger partial charge on any atom is -0.353 e. The Morgan fingerprint density at radius 3 is 2.42 bits per heavy atom. The fraction of sp³-hybridized carbons (Fsp3) is 0.579. The van der Waals surface area contributed by atoms with Gasteiger partial charge in [-0.1, -0.05) is 0 Å². The Balaban J connectivity index is 1.48. The molecule has 1 aromatic heterocycles. The highest BCUT2D eigenvalue weighted by Gasteiger charge is 2.36. The standard InChI is InChI=1S/C19H26N4O3/c1-13(2)23-12-15(11-17(23)24)18(25)21-16-5-9-22(10-6-16)19(26)14-3-7-20-8-4-14/h3-4,7-8,13,15-16H,5-6,9-12H2,1-2H3,(H,21,25)/t15-/m1/s1. The number of nitrogens with zero attached hydrogens (tertiary/aromatic N) is 3. The lowest BCUT2D eigenvalue weighted by Gasteiger charge is -2.33. The molecule has 0 radical (unpaired) electrons. The molecule has 2 saturated heterocycles. The van der Waals surface area contributed by atoms with Crippen molar-refractivity contribution >= 4 is 17.7 Å². The third kappa shape index (κ3) is 4.03. The van der Waals surface area contributed by atoms with Gasteiger partial charge in [-0.05, 0) is 38.8 Å². The topological polar surface area (TPSA) is 82.6 Å². The molecule has 3 amide bonds. The maximum atomic E-state index is 12.5. The van der Waals surface area contributed by atoms with Gasteiger partial charge in [0.2, 0.25) is 11.8 Å². The average molecular weight is 358 g/mol. The van der Waals surface area contributed by atoms with Crippen LogP contribution in [0.4, 0.5) is 0 Å². The maximum Gasteiger partial charge on any atom is 0.253 e. The summed E-state index contributed by atoms with van der Waals surface area (Å²) in [6, 6.07) is 3.62. The Hall–Kier alpha value is -2.44. The van der Waals surface area contributed by atoms with Gasteiger partial charge < -0.3 is 15.1 Å². The summed E-state index contributed by atoms with van der Waals surface area (Å²) in [5, 5.41) is 3.07. The Bertz CT molecular complexity index is 669. The van der Waals surface area contributed by atoms with Crippen LogP contribution in [0, 0.1) is 5.92 Å². The lowest BCUT2D eigenvalue weighted by Crippen LogP contribution is -2.48. The molecule has 2 fully saturated rings. The van der Waals surface area contributed by atoms with Gasteiger partial charge in [-0.15, -0.1) is 0 Å². The van der Waals surface area contributed by atoms with Crippen molar-refractivity contribution in [1.29, 1.82) is 0 Å². The van der Waals surface area contributed by atoms with Gasteiger partial charge in [0.15, 0.2) is 0 Å². The van der Waals surface area contributed by atoms with E-state index in [-0.39, 0.29) is 35.7 Å². The molecule has 2 aliphatic heterocycles. The number of carbonyl (C=O) groups is 3. The van der Waals surface area contributed by atoms with Crippen LogP contribution < -0.4 is 5.32 Å². The van der Waals surface area contributed by atoms with Crippen LogP contribution in [0.1, 0.15) is 43.5 Å². The molecule has 0 unspecified atom stereocenters. The highest BCUT2D eigenvalue weighted by Crippen LogP contribution is 2.21. The molecule has 3 rings (SSSR count). The Kier molecular flexibility index (Phi) is 5.54. The molecule has 2 aliphatic rings. The monoisotopic (exact) mass is 358 g/mol. The molecule has 0 aromatic carbocycles. The third-order valence-electron chi connectivity index (χ3n) is 5.21. The fourth-order valence-electron chi connectivity index (χ4n) is 3.63. The van der Waals surface area contributed by atoms with E-state index in [1.165, 1.54) is 0 Å². The maximum absolute atomic E-state index is 12.5. The number of rotatable bonds is 4. The van der Waals surface area contributed by atoms with Gasteiger partial charge in [0, 0.05) is 56.1 Å². The molecule has 1 atom stereocenters. The number of likely N-dealkylation sites (tertiary alicyclic amines) is 2. The van der Waals surface area contributed by atoms with Crippen molar-refractivity contribution in [3.63, 3.8) is 0 Å². The van der Waals surface area contributed by atoms with Crippen LogP contribution in [0.15, 0.2) is 24.5 Å². The van der Waals surface area contributed by atoms with Crippen molar-refractivity contribution in [3.05, 3.63) is 30.1 Å². The summed E-state index contributed by atoms with van der Waals surface area (Å²) in [4.78, 5) is 44.4. The lowest BCUT2D eigenvalue weighted by atomic mass is 10.0. The summed E-state index contributed by atoms with van der Waals surface area (Å²) in [7, 11) is 0. The molecule has 1 aromatic rings. The second-order valence-corrected chi connectivity index (χ2v) is 7.35. The third-order valence-corrected chi connectivity index (χ3v) is 5.21. The number of hydrogen-bond donors (Lipinski definition) is 1. The van der Waals surface area contributed by atoms with Gasteiger partial charge in [-0.2, -0.15) is 0 Å². The van der Waals surface area contributed by atoms with Crippen LogP contribution in [0.5, 0.6) is 0 Å². The molecule has 0 spiro atoms. The van der Waals surface area contributed by atoms with Crippen molar-refractivity contribution in [3.8, 4) is 0 Å². The lowest BCUT2D eigenvalue weighted by molar-refractivity contribution is -0.130. The predicted octanol–water partition coefficient (Wildman–Crippen LogP) is 1.06. The van der Waals surface area contributed by atoms with Gasteiger partial charge >= 0.3 is 0 Å². The SMILES string of the molecule is CC(C)N1C[C@H](C(=O)NC2CCN(C(=O)c3ccncc3)CC2)CC1=O. The molecule has 26 heavy (non-hydrogen) atoms. The Morgan fingerprint density at radius 1 is 1.19 bits per heavy atom. The molecule has 0 saturated carbocycles. The van der Waals surface area contributed by atoms with Crippen molar-refractivity contribution in [2.45, 2.75) is 45.2 Å². The number of nitrogens with one attached hydrogen (secondary N) is 1. The highest BCUT2D eigenvalue weighted by atomic mass is 16.2. The molecule has 1 N–H and O–H groups in total. The summed E-state index contributed by atoms with van der Waals surface area (Å²) in [6.45, 7) is 5.67. The highest BCUT2D eigenvalue weighted by molar-refractivity contribution is 5.94. The smallest absolute Gasteiger partial charge is 0.253 e. The van der Waals surface area contributed by atoms with Gasteiger partial charge in [0.25, 0.3) is 5.91 Å². The first-order valence-electron chi connectivity index (χ1n) is 9.25. The zero-order chi connectivity index (χ0) is 18.7. The first-order valence-corrected chi connectivity index (χ1v) is 9.25. The number of piperidine rings is 1. The molecular weight excluding hydrogens is 332 g/mol. The molecule has 3 heterocycles. The zero-order valence-electron chi connectivity index (χ0n) is 15.4. The van der Waals surface area contributed by atoms with Crippen molar-refractivity contribution in [2.24, 2.45) is 5.92 Å². The summed E-state index contributed by atoms with van der Waals surface area (Å²) >= 11 is 0. The number of amides is 3. The fourth-order valence-corrected chi connectivity index (χ4v) is 3.63. The predicted molar refractivity (Wildman–Crippen MR) is 96.3 cm³/mol. The van der Waals surface area contributed by atoms with E-state index in [0.717, 1.165) is 12.8 Å². The second-order valence-electron chi connectivity index (χ2n) is 7.35. The van der Waals surface area contributed by atoms with Crippen molar-refractivity contribution in [1.82, 2.24) is 20.1 Å². The summed E-state index contributed by atoms with van der Waals surface area (Å²) in [5.41, 5.74) is 0.640. The number of hydrogen-bond acceptors (Lipinski definition) is 4. The van der Waals surface area contributed by atoms with Gasteiger partial charge in [-0.3, -0.25) is 19.4 Å². The van der Waals surface area contributed by atoms with E-state index in [2.05, 4.69) is 10.3 Å². The molecule has 0 aliphatic carbocycles. The van der Waals surface area contributed by atoms with Crippen LogP contribution in [0.2, 0.25) is 0 Å². The van der Waals surface area contributed by atoms with E-state index >= 15 is 0 Å². The number of aromatic nitrogens is 1. The Morgan fingerprint density at radius 2 is 1.85 bits per heavy atom. The minimum atomic E-state index is -0.263. The normalized spacial score (nSPS) is 21.3. The summed E-state index contributed by atoms with van der Waals surface area (Å²) in [6.07, 6.45) is 4.99. The number of carbonyl (C=O) groups excluding carboxylic acids is 3. The van der Waals surface area contributed by atoms with Crippen LogP contribution in [-0.2, 0) is 9.59 Å². The van der Waals surface area contributed by atoms with E-state index < -0.39 is 0 Å². The van der Waals surface area contributed by atoms with Crippen LogP contribution >= 0.6 is 0 Å². The van der Waals surface area contributed by atoms with Gasteiger partial charge in [-0.25, -0.2) is 0 Å². The van der Waals surface area contributed by atoms with E-state index in [1.54, 1.807) is 29.4 Å². The largest absolute Gasteiger partial charge is 0.353 e. The van der Waals surface area contributed by atoms with Crippen LogP contribution in [0.25, 0.3) is 0 Å². The molecular formula is C19H26N4O3. The first kappa shape index (κ1) is 18.4. The van der Waals surface area contributed by atoms with E-state index in [0.29, 0.717) is 31.6 Å². The quantitative estimate of drug-likeness (QED) is 0.872. The summed E-state index contributed by atoms with van der Waals surface area (Å²) in [5.74, 6) is -0.245. The first-order chi connectivity index (χ1) is 12.5. The summed E-state index contributed by atoms with van der Waals surface area (Å²) < 4.78 is 0. The van der Waals surface area contributed by atoms with Crippen LogP contribution in [-0.4, -0.2) is 64.2 Å². The average Bonchev–Trinajstić information content (AvgIpc) is 3.05. The van der Waals surface area contributed by atoms with E-state index in [4.69, 9.17) is 0 Å². The number of pyridine rings is 1. The second kappa shape index (κ2) is 7.85. The molecule has 0 bridgehead atoms. The van der Waals surface area contributed by atoms with Crippen molar-refractivity contribution in [2.75, 3.05) is 19.6 Å².